The highest BCUT2D eigenvalue weighted by Crippen LogP contribution is 2.32. The average molecular weight is 393 g/mol. The highest BCUT2D eigenvalue weighted by molar-refractivity contribution is 6.35. The fourth-order valence-corrected chi connectivity index (χ4v) is 3.44. The minimum absolute atomic E-state index is 0.0980. The van der Waals surface area contributed by atoms with E-state index in [1.807, 2.05) is 18.2 Å². The molecular weight excluding hydrogens is 375 g/mol. The number of hydrogen-bond donors (Lipinski definition) is 1. The number of methoxy groups -OCH3 is 1. The molecule has 2 aromatic rings. The number of carbonyl (C=O) groups excluding carboxylic acids is 2. The Kier molecular flexibility index (Phi) is 5.69. The normalized spacial score (nSPS) is 16.7. The summed E-state index contributed by atoms with van der Waals surface area (Å²) in [5.74, 6) is -0.0886. The predicted molar refractivity (Wildman–Crippen MR) is 102 cm³/mol. The standard InChI is InChI=1S/C19H18Cl2N2O3/c1-26-17-5-3-2-4-16(17)23-11-13(8-18(23)24)19(25)22-10-12-6-7-14(20)9-15(12)21/h2-7,9,13H,8,10-11H2,1H3,(H,22,25). The van der Waals surface area contributed by atoms with E-state index in [4.69, 9.17) is 27.9 Å². The summed E-state index contributed by atoms with van der Waals surface area (Å²) in [6.45, 7) is 0.605. The molecule has 1 unspecified atom stereocenters. The lowest BCUT2D eigenvalue weighted by molar-refractivity contribution is -0.126. The number of halogens is 2. The van der Waals surface area contributed by atoms with Crippen molar-refractivity contribution in [3.8, 4) is 5.75 Å². The van der Waals surface area contributed by atoms with Gasteiger partial charge in [0, 0.05) is 29.6 Å². The fourth-order valence-electron chi connectivity index (χ4n) is 2.96. The highest BCUT2D eigenvalue weighted by Gasteiger charge is 2.36. The number of ether oxygens (including phenoxy) is 1. The largest absolute Gasteiger partial charge is 0.495 e. The van der Waals surface area contributed by atoms with E-state index < -0.39 is 5.92 Å². The Morgan fingerprint density at radius 2 is 2.04 bits per heavy atom. The van der Waals surface area contributed by atoms with Gasteiger partial charge in [0.1, 0.15) is 5.75 Å². The van der Waals surface area contributed by atoms with E-state index in [2.05, 4.69) is 5.32 Å². The second-order valence-electron chi connectivity index (χ2n) is 6.03. The maximum Gasteiger partial charge on any atom is 0.227 e. The molecule has 1 N–H and O–H groups in total. The van der Waals surface area contributed by atoms with Crippen LogP contribution in [-0.4, -0.2) is 25.5 Å². The Labute approximate surface area is 161 Å². The van der Waals surface area contributed by atoms with E-state index in [0.29, 0.717) is 28.0 Å². The van der Waals surface area contributed by atoms with Gasteiger partial charge in [-0.3, -0.25) is 9.59 Å². The van der Waals surface area contributed by atoms with Crippen molar-refractivity contribution in [2.24, 2.45) is 5.92 Å². The van der Waals surface area contributed by atoms with E-state index >= 15 is 0 Å². The third-order valence-electron chi connectivity index (χ3n) is 4.34. The van der Waals surface area contributed by atoms with Crippen molar-refractivity contribution in [1.82, 2.24) is 5.32 Å². The molecule has 1 heterocycles. The first-order chi connectivity index (χ1) is 12.5. The number of anilines is 1. The first-order valence-electron chi connectivity index (χ1n) is 8.14. The van der Waals surface area contributed by atoms with Gasteiger partial charge in [-0.25, -0.2) is 0 Å². The molecule has 26 heavy (non-hydrogen) atoms. The summed E-state index contributed by atoms with van der Waals surface area (Å²) in [7, 11) is 1.55. The summed E-state index contributed by atoms with van der Waals surface area (Å²) in [5.41, 5.74) is 1.45. The quantitative estimate of drug-likeness (QED) is 0.844. The smallest absolute Gasteiger partial charge is 0.227 e. The molecule has 5 nitrogen and oxygen atoms in total. The van der Waals surface area contributed by atoms with E-state index in [1.54, 1.807) is 36.3 Å². The molecule has 0 aliphatic carbocycles. The SMILES string of the molecule is COc1ccccc1N1CC(C(=O)NCc2ccc(Cl)cc2Cl)CC1=O. The summed E-state index contributed by atoms with van der Waals surface area (Å²) < 4.78 is 5.31. The molecule has 1 fully saturated rings. The summed E-state index contributed by atoms with van der Waals surface area (Å²) in [6, 6.07) is 12.4. The van der Waals surface area contributed by atoms with Gasteiger partial charge in [-0.1, -0.05) is 41.4 Å². The molecule has 1 aliphatic heterocycles. The van der Waals surface area contributed by atoms with E-state index in [-0.39, 0.29) is 24.8 Å². The third-order valence-corrected chi connectivity index (χ3v) is 4.93. The molecule has 3 rings (SSSR count). The van der Waals surface area contributed by atoms with Crippen molar-refractivity contribution in [3.63, 3.8) is 0 Å². The molecule has 1 saturated heterocycles. The molecule has 136 valence electrons. The molecule has 0 aromatic heterocycles. The first kappa shape index (κ1) is 18.5. The molecular formula is C19H18Cl2N2O3. The zero-order chi connectivity index (χ0) is 18.7. The second kappa shape index (κ2) is 7.98. The van der Waals surface area contributed by atoms with Crippen LogP contribution >= 0.6 is 23.2 Å². The molecule has 0 bridgehead atoms. The number of nitrogens with one attached hydrogen (secondary N) is 1. The Morgan fingerprint density at radius 3 is 2.77 bits per heavy atom. The minimum Gasteiger partial charge on any atom is -0.495 e. The molecule has 1 aliphatic rings. The van der Waals surface area contributed by atoms with E-state index in [1.165, 1.54) is 0 Å². The van der Waals surface area contributed by atoms with Gasteiger partial charge >= 0.3 is 0 Å². The van der Waals surface area contributed by atoms with Gasteiger partial charge in [-0.05, 0) is 29.8 Å². The van der Waals surface area contributed by atoms with Crippen LogP contribution in [0.4, 0.5) is 5.69 Å². The van der Waals surface area contributed by atoms with Gasteiger partial charge in [-0.2, -0.15) is 0 Å². The number of benzene rings is 2. The summed E-state index contributed by atoms with van der Waals surface area (Å²) in [5, 5.41) is 3.88. The Morgan fingerprint density at radius 1 is 1.27 bits per heavy atom. The van der Waals surface area contributed by atoms with Crippen LogP contribution in [-0.2, 0) is 16.1 Å². The third kappa shape index (κ3) is 3.94. The van der Waals surface area contributed by atoms with Crippen LogP contribution in [0.2, 0.25) is 10.0 Å². The maximum absolute atomic E-state index is 12.5. The lowest BCUT2D eigenvalue weighted by Crippen LogP contribution is -2.32. The molecule has 0 saturated carbocycles. The molecule has 2 amide bonds. The van der Waals surface area contributed by atoms with Gasteiger partial charge in [0.05, 0.1) is 18.7 Å². The van der Waals surface area contributed by atoms with E-state index in [9.17, 15) is 9.59 Å². The number of amides is 2. The van der Waals surface area contributed by atoms with Crippen molar-refractivity contribution < 1.29 is 14.3 Å². The topological polar surface area (TPSA) is 58.6 Å². The van der Waals surface area contributed by atoms with Crippen molar-refractivity contribution in [1.29, 1.82) is 0 Å². The summed E-state index contributed by atoms with van der Waals surface area (Å²) in [6.07, 6.45) is 0.165. The predicted octanol–water partition coefficient (Wildman–Crippen LogP) is 3.67. The van der Waals surface area contributed by atoms with Crippen LogP contribution in [0.15, 0.2) is 42.5 Å². The lowest BCUT2D eigenvalue weighted by Gasteiger charge is -2.19. The van der Waals surface area contributed by atoms with Gasteiger partial charge in [0.15, 0.2) is 0 Å². The molecule has 0 spiro atoms. The van der Waals surface area contributed by atoms with Crippen LogP contribution in [0, 0.1) is 5.92 Å². The number of nitrogens with zero attached hydrogens (tertiary/aromatic N) is 1. The number of rotatable bonds is 5. The van der Waals surface area contributed by atoms with Gasteiger partial charge in [0.25, 0.3) is 0 Å². The van der Waals surface area contributed by atoms with Crippen LogP contribution in [0.1, 0.15) is 12.0 Å². The lowest BCUT2D eigenvalue weighted by atomic mass is 10.1. The molecule has 1 atom stereocenters. The zero-order valence-electron chi connectivity index (χ0n) is 14.2. The van der Waals surface area contributed by atoms with Crippen LogP contribution < -0.4 is 15.0 Å². The summed E-state index contributed by atoms with van der Waals surface area (Å²) in [4.78, 5) is 26.5. The Hall–Kier alpha value is -2.24. The van der Waals surface area contributed by atoms with Gasteiger partial charge in [0.2, 0.25) is 11.8 Å². The monoisotopic (exact) mass is 392 g/mol. The van der Waals surface area contributed by atoms with Crippen molar-refractivity contribution >= 4 is 40.7 Å². The first-order valence-corrected chi connectivity index (χ1v) is 8.90. The maximum atomic E-state index is 12.5. The second-order valence-corrected chi connectivity index (χ2v) is 6.87. The van der Waals surface area contributed by atoms with E-state index in [0.717, 1.165) is 5.56 Å². The summed E-state index contributed by atoms with van der Waals surface area (Å²) >= 11 is 12.0. The number of para-hydroxylation sites is 2. The van der Waals surface area contributed by atoms with Crippen molar-refractivity contribution in [2.45, 2.75) is 13.0 Å². The number of hydrogen-bond acceptors (Lipinski definition) is 3. The van der Waals surface area contributed by atoms with Gasteiger partial charge in [-0.15, -0.1) is 0 Å². The van der Waals surface area contributed by atoms with Crippen molar-refractivity contribution in [3.05, 3.63) is 58.1 Å². The average Bonchev–Trinajstić information content (AvgIpc) is 3.02. The molecule has 2 aromatic carbocycles. The molecule has 7 heteroatoms. The number of carbonyl (C=O) groups is 2. The van der Waals surface area contributed by atoms with Crippen LogP contribution in [0.5, 0.6) is 5.75 Å². The highest BCUT2D eigenvalue weighted by atomic mass is 35.5. The Balaban J connectivity index is 1.65. The Bertz CT molecular complexity index is 841. The van der Waals surface area contributed by atoms with Crippen molar-refractivity contribution in [2.75, 3.05) is 18.6 Å². The molecule has 0 radical (unpaired) electrons. The van der Waals surface area contributed by atoms with Crippen LogP contribution in [0.3, 0.4) is 0 Å². The van der Waals surface area contributed by atoms with Crippen LogP contribution in [0.25, 0.3) is 0 Å². The fraction of sp³-hybridized carbons (Fsp3) is 0.263. The van der Waals surface area contributed by atoms with Gasteiger partial charge < -0.3 is 15.0 Å². The zero-order valence-corrected chi connectivity index (χ0v) is 15.7. The minimum atomic E-state index is -0.418.